The van der Waals surface area contributed by atoms with E-state index in [0.717, 1.165) is 34.8 Å². The summed E-state index contributed by atoms with van der Waals surface area (Å²) in [5.41, 5.74) is -0.341. The summed E-state index contributed by atoms with van der Waals surface area (Å²) >= 11 is 0. The van der Waals surface area contributed by atoms with Gasteiger partial charge in [-0.2, -0.15) is 18.3 Å². The van der Waals surface area contributed by atoms with Crippen molar-refractivity contribution in [2.45, 2.75) is 43.6 Å². The Morgan fingerprint density at radius 3 is 2.20 bits per heavy atom. The van der Waals surface area contributed by atoms with E-state index in [1.807, 2.05) is 32.0 Å². The van der Waals surface area contributed by atoms with Crippen molar-refractivity contribution in [1.82, 2.24) is 10.2 Å². The lowest BCUT2D eigenvalue weighted by Gasteiger charge is -2.42. The number of rotatable bonds is 5. The van der Waals surface area contributed by atoms with Gasteiger partial charge in [0.1, 0.15) is 0 Å². The van der Waals surface area contributed by atoms with Crippen LogP contribution in [-0.4, -0.2) is 49.8 Å². The van der Waals surface area contributed by atoms with Crippen LogP contribution in [0.15, 0.2) is 59.5 Å². The number of anilines is 2. The van der Waals surface area contributed by atoms with Crippen LogP contribution in [0, 0.1) is 13.8 Å². The second kappa shape index (κ2) is 9.49. The van der Waals surface area contributed by atoms with E-state index in [4.69, 9.17) is 0 Å². The molecule has 0 radical (unpaired) electrons. The minimum atomic E-state index is -5.36. The smallest absolute Gasteiger partial charge is 0.365 e. The summed E-state index contributed by atoms with van der Waals surface area (Å²) in [5.74, 6) is 0.831. The maximum absolute atomic E-state index is 12.8. The average Bonchev–Trinajstić information content (AvgIpc) is 2.82. The summed E-state index contributed by atoms with van der Waals surface area (Å²) in [5, 5.41) is 9.05. The van der Waals surface area contributed by atoms with E-state index in [2.05, 4.69) is 39.1 Å². The Morgan fingerprint density at radius 2 is 1.60 bits per heavy atom. The summed E-state index contributed by atoms with van der Waals surface area (Å²) in [7, 11) is -5.36. The molecule has 10 heteroatoms. The molecule has 3 aromatic rings. The average molecular weight is 505 g/mol. The lowest BCUT2D eigenvalue weighted by atomic mass is 10.0. The van der Waals surface area contributed by atoms with E-state index in [9.17, 15) is 21.6 Å². The number of nitrogens with zero attached hydrogens (tertiary/aromatic N) is 4. The zero-order valence-electron chi connectivity index (χ0n) is 19.7. The number of sulfone groups is 1. The third-order valence-electron chi connectivity index (χ3n) is 6.52. The van der Waals surface area contributed by atoms with Crippen LogP contribution in [0.4, 0.5) is 24.7 Å². The summed E-state index contributed by atoms with van der Waals surface area (Å²) in [6, 6.07) is 15.0. The second-order valence-corrected chi connectivity index (χ2v) is 10.8. The minimum Gasteiger partial charge on any atom is -0.365 e. The van der Waals surface area contributed by atoms with E-state index in [0.29, 0.717) is 31.7 Å². The summed E-state index contributed by atoms with van der Waals surface area (Å²) in [6.45, 7) is 8.03. The van der Waals surface area contributed by atoms with Crippen LogP contribution < -0.4 is 9.80 Å². The highest BCUT2D eigenvalue weighted by molar-refractivity contribution is 7.92. The van der Waals surface area contributed by atoms with Gasteiger partial charge in [-0.15, -0.1) is 5.10 Å². The lowest BCUT2D eigenvalue weighted by Crippen LogP contribution is -2.52. The quantitative estimate of drug-likeness (QED) is 0.502. The molecule has 6 nitrogen and oxygen atoms in total. The van der Waals surface area contributed by atoms with Crippen LogP contribution in [0.3, 0.4) is 0 Å². The number of hydrogen-bond donors (Lipinski definition) is 0. The van der Waals surface area contributed by atoms with Crippen molar-refractivity contribution >= 4 is 21.3 Å². The summed E-state index contributed by atoms with van der Waals surface area (Å²) in [4.78, 5) is 3.47. The Hall–Kier alpha value is -3.14. The van der Waals surface area contributed by atoms with Gasteiger partial charge in [0.05, 0.1) is 10.6 Å². The fourth-order valence-corrected chi connectivity index (χ4v) is 5.15. The van der Waals surface area contributed by atoms with Gasteiger partial charge >= 0.3 is 5.51 Å². The largest absolute Gasteiger partial charge is 0.501 e. The van der Waals surface area contributed by atoms with Gasteiger partial charge < -0.3 is 9.80 Å². The van der Waals surface area contributed by atoms with Crippen LogP contribution in [0.1, 0.15) is 29.3 Å². The van der Waals surface area contributed by atoms with Crippen molar-refractivity contribution in [1.29, 1.82) is 0 Å². The zero-order valence-corrected chi connectivity index (χ0v) is 20.6. The molecule has 186 valence electrons. The third kappa shape index (κ3) is 4.98. The van der Waals surface area contributed by atoms with Crippen molar-refractivity contribution in [3.05, 3.63) is 77.0 Å². The maximum atomic E-state index is 12.8. The first-order chi connectivity index (χ1) is 16.5. The highest BCUT2D eigenvalue weighted by Crippen LogP contribution is 2.32. The highest BCUT2D eigenvalue weighted by atomic mass is 32.2. The molecule has 1 saturated heterocycles. The second-order valence-electron chi connectivity index (χ2n) is 8.81. The molecule has 0 amide bonds. The Kier molecular flexibility index (Phi) is 6.77. The molecular weight excluding hydrogens is 477 g/mol. The SMILES string of the molecule is Cc1c(Cc2ccccc2)nnc(N2CCN(c3ccc(S(=O)(=O)C(F)(F)F)cc3)[C@H](C)C2)c1C. The number of alkyl halides is 3. The molecule has 4 rings (SSSR count). The number of piperazine rings is 1. The van der Waals surface area contributed by atoms with Gasteiger partial charge in [-0.1, -0.05) is 30.3 Å². The molecule has 0 unspecified atom stereocenters. The van der Waals surface area contributed by atoms with E-state index < -0.39 is 20.2 Å². The molecule has 2 aromatic carbocycles. The van der Waals surface area contributed by atoms with Gasteiger partial charge in [0.15, 0.2) is 5.82 Å². The number of aromatic nitrogens is 2. The van der Waals surface area contributed by atoms with E-state index in [1.165, 1.54) is 17.7 Å². The molecule has 1 atom stereocenters. The van der Waals surface area contributed by atoms with Gasteiger partial charge in [-0.05, 0) is 61.7 Å². The summed E-state index contributed by atoms with van der Waals surface area (Å²) in [6.07, 6.45) is 0.713. The fraction of sp³-hybridized carbons (Fsp3) is 0.360. The van der Waals surface area contributed by atoms with Gasteiger partial charge in [-0.25, -0.2) is 8.42 Å². The lowest BCUT2D eigenvalue weighted by molar-refractivity contribution is -0.0436. The fourth-order valence-electron chi connectivity index (χ4n) is 4.38. The molecule has 0 spiro atoms. The van der Waals surface area contributed by atoms with E-state index >= 15 is 0 Å². The summed E-state index contributed by atoms with van der Waals surface area (Å²) < 4.78 is 61.7. The molecule has 35 heavy (non-hydrogen) atoms. The first-order valence-electron chi connectivity index (χ1n) is 11.3. The first-order valence-corrected chi connectivity index (χ1v) is 12.8. The normalized spacial score (nSPS) is 17.0. The van der Waals surface area contributed by atoms with Crippen molar-refractivity contribution < 1.29 is 21.6 Å². The standard InChI is InChI=1S/C25H27F3N4O2S/c1-17-16-31(24-19(3)18(2)23(29-30-24)15-20-7-5-4-6-8-20)13-14-32(17)21-9-11-22(12-10-21)35(33,34)25(26,27)28/h4-12,17H,13-16H2,1-3H3/t17-/m1/s1. The Balaban J connectivity index is 1.48. The van der Waals surface area contributed by atoms with Crippen LogP contribution >= 0.6 is 0 Å². The van der Waals surface area contributed by atoms with E-state index in [-0.39, 0.29) is 6.04 Å². The molecule has 0 N–H and O–H groups in total. The third-order valence-corrected chi connectivity index (χ3v) is 8.02. The molecule has 1 aliphatic heterocycles. The van der Waals surface area contributed by atoms with Crippen molar-refractivity contribution in [3.63, 3.8) is 0 Å². The van der Waals surface area contributed by atoms with E-state index in [1.54, 1.807) is 0 Å². The zero-order chi connectivity index (χ0) is 25.4. The Bertz CT molecular complexity index is 1300. The number of halogens is 3. The van der Waals surface area contributed by atoms with Gasteiger partial charge in [-0.3, -0.25) is 0 Å². The molecular formula is C25H27F3N4O2S. The molecule has 0 aliphatic carbocycles. The predicted octanol–water partition coefficient (Wildman–Crippen LogP) is 4.69. The van der Waals surface area contributed by atoms with Crippen molar-refractivity contribution in [2.24, 2.45) is 0 Å². The van der Waals surface area contributed by atoms with Gasteiger partial charge in [0, 0.05) is 37.8 Å². The maximum Gasteiger partial charge on any atom is 0.501 e. The van der Waals surface area contributed by atoms with Gasteiger partial charge in [0.25, 0.3) is 9.84 Å². The molecule has 1 fully saturated rings. The van der Waals surface area contributed by atoms with Crippen LogP contribution in [0.2, 0.25) is 0 Å². The van der Waals surface area contributed by atoms with Gasteiger partial charge in [0.2, 0.25) is 0 Å². The Morgan fingerprint density at radius 1 is 0.943 bits per heavy atom. The monoisotopic (exact) mass is 504 g/mol. The molecule has 2 heterocycles. The minimum absolute atomic E-state index is 0.0272. The number of hydrogen-bond acceptors (Lipinski definition) is 6. The predicted molar refractivity (Wildman–Crippen MR) is 129 cm³/mol. The Labute approximate surface area is 203 Å². The number of benzene rings is 2. The topological polar surface area (TPSA) is 66.4 Å². The highest BCUT2D eigenvalue weighted by Gasteiger charge is 2.46. The molecule has 1 aromatic heterocycles. The molecule has 0 bridgehead atoms. The van der Waals surface area contributed by atoms with Crippen LogP contribution in [-0.2, 0) is 16.3 Å². The van der Waals surface area contributed by atoms with Crippen LogP contribution in [0.5, 0.6) is 0 Å². The van der Waals surface area contributed by atoms with Crippen molar-refractivity contribution in [2.75, 3.05) is 29.4 Å². The molecule has 1 aliphatic rings. The first kappa shape index (κ1) is 25.0. The van der Waals surface area contributed by atoms with Crippen molar-refractivity contribution in [3.8, 4) is 0 Å². The molecule has 0 saturated carbocycles. The van der Waals surface area contributed by atoms with Crippen LogP contribution in [0.25, 0.3) is 0 Å².